The van der Waals surface area contributed by atoms with E-state index in [0.717, 1.165) is 12.8 Å². The van der Waals surface area contributed by atoms with Crippen molar-refractivity contribution in [1.82, 2.24) is 5.32 Å². The molecule has 0 spiro atoms. The Labute approximate surface area is 143 Å². The summed E-state index contributed by atoms with van der Waals surface area (Å²) in [5, 5.41) is 11.1. The second kappa shape index (κ2) is 11.3. The SMILES string of the molecule is CCCCCCCOc1cccc(OCC(=O)NC(C)C(=O)O)c1. The van der Waals surface area contributed by atoms with E-state index in [9.17, 15) is 9.59 Å². The summed E-state index contributed by atoms with van der Waals surface area (Å²) in [6.45, 7) is 4.00. The van der Waals surface area contributed by atoms with E-state index < -0.39 is 17.9 Å². The van der Waals surface area contributed by atoms with Crippen LogP contribution in [0.1, 0.15) is 46.0 Å². The van der Waals surface area contributed by atoms with E-state index in [4.69, 9.17) is 14.6 Å². The molecule has 0 aliphatic carbocycles. The van der Waals surface area contributed by atoms with Crippen LogP contribution in [0.3, 0.4) is 0 Å². The number of carbonyl (C=O) groups is 2. The van der Waals surface area contributed by atoms with Gasteiger partial charge in [0.05, 0.1) is 6.61 Å². The molecule has 0 saturated heterocycles. The molecule has 6 heteroatoms. The van der Waals surface area contributed by atoms with Crippen LogP contribution in [0.15, 0.2) is 24.3 Å². The maximum absolute atomic E-state index is 11.6. The molecule has 134 valence electrons. The lowest BCUT2D eigenvalue weighted by Crippen LogP contribution is -2.40. The van der Waals surface area contributed by atoms with Crippen molar-refractivity contribution in [2.24, 2.45) is 0 Å². The summed E-state index contributed by atoms with van der Waals surface area (Å²) in [6, 6.07) is 6.14. The molecule has 1 rings (SSSR count). The number of carboxylic acid groups (broad SMARTS) is 1. The molecular formula is C18H27NO5. The number of hydrogen-bond donors (Lipinski definition) is 2. The van der Waals surface area contributed by atoms with Crippen LogP contribution in [0.2, 0.25) is 0 Å². The number of ether oxygens (including phenoxy) is 2. The van der Waals surface area contributed by atoms with Gasteiger partial charge in [-0.1, -0.05) is 38.7 Å². The zero-order chi connectivity index (χ0) is 17.8. The Morgan fingerprint density at radius 2 is 1.79 bits per heavy atom. The van der Waals surface area contributed by atoms with Crippen LogP contribution in [0.25, 0.3) is 0 Å². The number of rotatable bonds is 12. The predicted molar refractivity (Wildman–Crippen MR) is 91.4 cm³/mol. The highest BCUT2D eigenvalue weighted by Crippen LogP contribution is 2.19. The third-order valence-electron chi connectivity index (χ3n) is 3.44. The van der Waals surface area contributed by atoms with Gasteiger partial charge in [0.15, 0.2) is 6.61 Å². The van der Waals surface area contributed by atoms with Crippen LogP contribution in [0.5, 0.6) is 11.5 Å². The average molecular weight is 337 g/mol. The van der Waals surface area contributed by atoms with Gasteiger partial charge in [0.1, 0.15) is 17.5 Å². The molecule has 6 nitrogen and oxygen atoms in total. The summed E-state index contributed by atoms with van der Waals surface area (Å²) in [6.07, 6.45) is 5.88. The van der Waals surface area contributed by atoms with Gasteiger partial charge in [0, 0.05) is 6.07 Å². The van der Waals surface area contributed by atoms with E-state index in [0.29, 0.717) is 18.1 Å². The summed E-state index contributed by atoms with van der Waals surface area (Å²) in [7, 11) is 0. The highest BCUT2D eigenvalue weighted by Gasteiger charge is 2.14. The van der Waals surface area contributed by atoms with Crippen LogP contribution >= 0.6 is 0 Å². The zero-order valence-corrected chi connectivity index (χ0v) is 14.4. The monoisotopic (exact) mass is 337 g/mol. The van der Waals surface area contributed by atoms with Crippen molar-refractivity contribution in [1.29, 1.82) is 0 Å². The molecule has 0 saturated carbocycles. The molecule has 24 heavy (non-hydrogen) atoms. The average Bonchev–Trinajstić information content (AvgIpc) is 2.56. The molecule has 1 atom stereocenters. The molecule has 0 radical (unpaired) electrons. The number of amides is 1. The molecule has 1 unspecified atom stereocenters. The maximum atomic E-state index is 11.6. The Morgan fingerprint density at radius 3 is 2.46 bits per heavy atom. The van der Waals surface area contributed by atoms with Gasteiger partial charge in [-0.15, -0.1) is 0 Å². The fourth-order valence-corrected chi connectivity index (χ4v) is 2.04. The summed E-state index contributed by atoms with van der Waals surface area (Å²) in [4.78, 5) is 22.2. The van der Waals surface area contributed by atoms with Gasteiger partial charge in [-0.3, -0.25) is 9.59 Å². The van der Waals surface area contributed by atoms with Gasteiger partial charge < -0.3 is 19.9 Å². The first-order chi connectivity index (χ1) is 11.5. The Bertz CT molecular complexity index is 518. The topological polar surface area (TPSA) is 84.9 Å². The summed E-state index contributed by atoms with van der Waals surface area (Å²) < 4.78 is 11.0. The van der Waals surface area contributed by atoms with Crippen molar-refractivity contribution in [3.05, 3.63) is 24.3 Å². The highest BCUT2D eigenvalue weighted by molar-refractivity contribution is 5.84. The Kier molecular flexibility index (Phi) is 9.34. The van der Waals surface area contributed by atoms with Gasteiger partial charge in [-0.05, 0) is 25.5 Å². The molecular weight excluding hydrogens is 310 g/mol. The molecule has 1 aromatic rings. The number of carboxylic acids is 1. The predicted octanol–water partition coefficient (Wildman–Crippen LogP) is 3.00. The van der Waals surface area contributed by atoms with Crippen LogP contribution < -0.4 is 14.8 Å². The molecule has 0 aliphatic rings. The molecule has 1 amide bonds. The van der Waals surface area contributed by atoms with E-state index in [2.05, 4.69) is 12.2 Å². The van der Waals surface area contributed by atoms with E-state index in [1.807, 2.05) is 6.07 Å². The third kappa shape index (κ3) is 8.41. The summed E-state index contributed by atoms with van der Waals surface area (Å²) >= 11 is 0. The number of nitrogens with one attached hydrogen (secondary N) is 1. The van der Waals surface area contributed by atoms with Gasteiger partial charge in [0.25, 0.3) is 5.91 Å². The van der Waals surface area contributed by atoms with Gasteiger partial charge in [-0.25, -0.2) is 0 Å². The largest absolute Gasteiger partial charge is 0.493 e. The molecule has 0 bridgehead atoms. The Balaban J connectivity index is 2.31. The first-order valence-corrected chi connectivity index (χ1v) is 8.40. The van der Waals surface area contributed by atoms with Gasteiger partial charge >= 0.3 is 5.97 Å². The van der Waals surface area contributed by atoms with Crippen LogP contribution in [-0.4, -0.2) is 36.2 Å². The van der Waals surface area contributed by atoms with Crippen molar-refractivity contribution < 1.29 is 24.2 Å². The molecule has 0 aromatic heterocycles. The number of aliphatic carboxylic acids is 1. The van der Waals surface area contributed by atoms with E-state index in [1.54, 1.807) is 18.2 Å². The quantitative estimate of drug-likeness (QED) is 0.573. The van der Waals surface area contributed by atoms with E-state index >= 15 is 0 Å². The second-order valence-electron chi connectivity index (χ2n) is 5.65. The van der Waals surface area contributed by atoms with Crippen LogP contribution in [-0.2, 0) is 9.59 Å². The third-order valence-corrected chi connectivity index (χ3v) is 3.44. The first-order valence-electron chi connectivity index (χ1n) is 8.40. The molecule has 0 heterocycles. The first kappa shape index (κ1) is 19.8. The zero-order valence-electron chi connectivity index (χ0n) is 14.4. The number of carbonyl (C=O) groups excluding carboxylic acids is 1. The smallest absolute Gasteiger partial charge is 0.325 e. The number of hydrogen-bond acceptors (Lipinski definition) is 4. The van der Waals surface area contributed by atoms with Crippen molar-refractivity contribution >= 4 is 11.9 Å². The van der Waals surface area contributed by atoms with E-state index in [1.165, 1.54) is 26.2 Å². The van der Waals surface area contributed by atoms with Crippen molar-refractivity contribution in [2.45, 2.75) is 52.0 Å². The molecule has 0 fully saturated rings. The second-order valence-corrected chi connectivity index (χ2v) is 5.65. The molecule has 0 aliphatic heterocycles. The number of unbranched alkanes of at least 4 members (excludes halogenated alkanes) is 4. The highest BCUT2D eigenvalue weighted by atomic mass is 16.5. The van der Waals surface area contributed by atoms with Gasteiger partial charge in [0.2, 0.25) is 0 Å². The Hall–Kier alpha value is -2.24. The van der Waals surface area contributed by atoms with Gasteiger partial charge in [-0.2, -0.15) is 0 Å². The van der Waals surface area contributed by atoms with Crippen LogP contribution in [0.4, 0.5) is 0 Å². The molecule has 2 N–H and O–H groups in total. The maximum Gasteiger partial charge on any atom is 0.325 e. The van der Waals surface area contributed by atoms with Crippen LogP contribution in [0, 0.1) is 0 Å². The standard InChI is InChI=1S/C18H27NO5/c1-3-4-5-6-7-11-23-15-9-8-10-16(12-15)24-13-17(20)19-14(2)18(21)22/h8-10,12,14H,3-7,11,13H2,1-2H3,(H,19,20)(H,21,22). The van der Waals surface area contributed by atoms with Crippen molar-refractivity contribution in [2.75, 3.05) is 13.2 Å². The minimum absolute atomic E-state index is 0.238. The van der Waals surface area contributed by atoms with Crippen molar-refractivity contribution in [3.63, 3.8) is 0 Å². The van der Waals surface area contributed by atoms with E-state index in [-0.39, 0.29) is 6.61 Å². The Morgan fingerprint density at radius 1 is 1.12 bits per heavy atom. The lowest BCUT2D eigenvalue weighted by atomic mass is 10.2. The van der Waals surface area contributed by atoms with Crippen molar-refractivity contribution in [3.8, 4) is 11.5 Å². The lowest BCUT2D eigenvalue weighted by molar-refractivity contribution is -0.141. The fraction of sp³-hybridized carbons (Fsp3) is 0.556. The molecule has 1 aromatic carbocycles. The summed E-state index contributed by atoms with van der Waals surface area (Å²) in [5.74, 6) is -0.358. The minimum atomic E-state index is -1.09. The summed E-state index contributed by atoms with van der Waals surface area (Å²) in [5.41, 5.74) is 0. The lowest BCUT2D eigenvalue weighted by Gasteiger charge is -2.11. The fourth-order valence-electron chi connectivity index (χ4n) is 2.04. The normalized spacial score (nSPS) is 11.6. The number of benzene rings is 1. The minimum Gasteiger partial charge on any atom is -0.493 e.